The second kappa shape index (κ2) is 5.73. The normalized spacial score (nSPS) is 14.2. The fourth-order valence-corrected chi connectivity index (χ4v) is 2.40. The number of nitro groups is 1. The minimum atomic E-state index is -0.527. The summed E-state index contributed by atoms with van der Waals surface area (Å²) in [6.07, 6.45) is 3.03. The van der Waals surface area contributed by atoms with Gasteiger partial charge in [0.2, 0.25) is 5.82 Å². The van der Waals surface area contributed by atoms with Gasteiger partial charge >= 0.3 is 5.82 Å². The maximum atomic E-state index is 10.6. The summed E-state index contributed by atoms with van der Waals surface area (Å²) in [6.45, 7) is 2.52. The van der Waals surface area contributed by atoms with Gasteiger partial charge in [0.05, 0.1) is 12.1 Å². The molecule has 1 aromatic heterocycles. The predicted molar refractivity (Wildman–Crippen MR) is 69.3 cm³/mol. The van der Waals surface area contributed by atoms with Gasteiger partial charge in [-0.2, -0.15) is 0 Å². The molecule has 0 fully saturated rings. The maximum Gasteiger partial charge on any atom is 0.381 e. The van der Waals surface area contributed by atoms with Gasteiger partial charge in [0.25, 0.3) is 0 Å². The molecule has 0 spiro atoms. The number of aryl methyl sites for hydroxylation is 1. The van der Waals surface area contributed by atoms with Gasteiger partial charge in [-0.15, -0.1) is 0 Å². The molecule has 0 atom stereocenters. The minimum Gasteiger partial charge on any atom is -0.485 e. The molecule has 1 aliphatic rings. The van der Waals surface area contributed by atoms with Crippen LogP contribution in [0.5, 0.6) is 0 Å². The van der Waals surface area contributed by atoms with E-state index in [2.05, 4.69) is 4.98 Å². The minimum absolute atomic E-state index is 0.168. The summed E-state index contributed by atoms with van der Waals surface area (Å²) in [5.41, 5.74) is 0.578. The molecule has 0 saturated heterocycles. The van der Waals surface area contributed by atoms with Gasteiger partial charge in [0, 0.05) is 18.8 Å². The molecule has 2 rings (SSSR count). The average Bonchev–Trinajstić information content (AvgIpc) is 2.97. The zero-order chi connectivity index (χ0) is 13.8. The van der Waals surface area contributed by atoms with E-state index in [1.54, 1.807) is 17.6 Å². The van der Waals surface area contributed by atoms with Crippen LogP contribution in [0, 0.1) is 17.0 Å². The van der Waals surface area contributed by atoms with Crippen LogP contribution in [0.1, 0.15) is 5.82 Å². The molecule has 7 nitrogen and oxygen atoms in total. The number of carbonyl (C=O) groups excluding carboxylic acids is 1. The number of ether oxygens (including phenoxy) is 1. The second-order valence-corrected chi connectivity index (χ2v) is 4.80. The molecule has 0 aliphatic carbocycles. The van der Waals surface area contributed by atoms with Gasteiger partial charge in [0.1, 0.15) is 18.7 Å². The maximum absolute atomic E-state index is 10.6. The summed E-state index contributed by atoms with van der Waals surface area (Å²) in [7, 11) is 0. The molecule has 0 bridgehead atoms. The Kier molecular flexibility index (Phi) is 4.03. The summed E-state index contributed by atoms with van der Waals surface area (Å²) >= 11 is 1.43. The molecular formula is C11H11N3O4S. The molecule has 19 heavy (non-hydrogen) atoms. The molecule has 1 aliphatic heterocycles. The van der Waals surface area contributed by atoms with Gasteiger partial charge < -0.3 is 19.4 Å². The second-order valence-electron chi connectivity index (χ2n) is 3.82. The van der Waals surface area contributed by atoms with Crippen LogP contribution < -0.4 is 0 Å². The van der Waals surface area contributed by atoms with E-state index in [1.165, 1.54) is 18.0 Å². The van der Waals surface area contributed by atoms with Gasteiger partial charge in [-0.3, -0.25) is 0 Å². The highest BCUT2D eigenvalue weighted by molar-refractivity contribution is 8.03. The van der Waals surface area contributed by atoms with E-state index < -0.39 is 4.92 Å². The molecule has 0 amide bonds. The van der Waals surface area contributed by atoms with Crippen LogP contribution >= 0.6 is 11.8 Å². The quantitative estimate of drug-likeness (QED) is 0.461. The molecule has 1 aromatic rings. The van der Waals surface area contributed by atoms with E-state index >= 15 is 0 Å². The van der Waals surface area contributed by atoms with Crippen LogP contribution in [0.2, 0.25) is 0 Å². The fourth-order valence-electron chi connectivity index (χ4n) is 1.57. The smallest absolute Gasteiger partial charge is 0.381 e. The number of hydrogen-bond acceptors (Lipinski definition) is 6. The van der Waals surface area contributed by atoms with Crippen LogP contribution in [0.25, 0.3) is 0 Å². The largest absolute Gasteiger partial charge is 0.485 e. The van der Waals surface area contributed by atoms with Crippen molar-refractivity contribution in [3.63, 3.8) is 0 Å². The van der Waals surface area contributed by atoms with Crippen molar-refractivity contribution in [2.75, 3.05) is 12.4 Å². The first kappa shape index (κ1) is 13.4. The molecule has 100 valence electrons. The third-order valence-electron chi connectivity index (χ3n) is 2.52. The van der Waals surface area contributed by atoms with Crippen molar-refractivity contribution >= 4 is 23.5 Å². The predicted octanol–water partition coefficient (Wildman–Crippen LogP) is 1.46. The van der Waals surface area contributed by atoms with Gasteiger partial charge in [0.15, 0.2) is 5.09 Å². The lowest BCUT2D eigenvalue weighted by Gasteiger charge is -2.06. The molecule has 0 aromatic carbocycles. The summed E-state index contributed by atoms with van der Waals surface area (Å²) in [5, 5.41) is 11.2. The highest BCUT2D eigenvalue weighted by Crippen LogP contribution is 2.28. The Hall–Kier alpha value is -2.05. The lowest BCUT2D eigenvalue weighted by atomic mass is 10.3. The van der Waals surface area contributed by atoms with Crippen LogP contribution in [0.3, 0.4) is 0 Å². The highest BCUT2D eigenvalue weighted by Gasteiger charge is 2.16. The van der Waals surface area contributed by atoms with Crippen LogP contribution in [0.4, 0.5) is 5.82 Å². The summed E-state index contributed by atoms with van der Waals surface area (Å²) < 4.78 is 7.13. The zero-order valence-corrected chi connectivity index (χ0v) is 11.0. The Labute approximate surface area is 113 Å². The molecule has 0 N–H and O–H groups in total. The standard InChI is InChI=1S/C11H11N3O4S/c1-8-12-10(14(16)17)5-13(8)2-3-18-11-4-9(6-15)7-19-11/h4-5H,2-3,7H2,1H3. The van der Waals surface area contributed by atoms with Crippen molar-refractivity contribution in [2.24, 2.45) is 0 Å². The van der Waals surface area contributed by atoms with Gasteiger partial charge in [-0.05, 0) is 9.91 Å². The Balaban J connectivity index is 1.90. The van der Waals surface area contributed by atoms with Crippen molar-refractivity contribution in [3.8, 4) is 0 Å². The lowest BCUT2D eigenvalue weighted by molar-refractivity contribution is -0.389. The average molecular weight is 281 g/mol. The Morgan fingerprint density at radius 1 is 1.68 bits per heavy atom. The number of aromatic nitrogens is 2. The monoisotopic (exact) mass is 281 g/mol. The molecule has 0 unspecified atom stereocenters. The van der Waals surface area contributed by atoms with Gasteiger partial charge in [-0.25, -0.2) is 4.79 Å². The number of hydrogen-bond donors (Lipinski definition) is 0. The summed E-state index contributed by atoms with van der Waals surface area (Å²) in [4.78, 5) is 24.3. The molecule has 8 heteroatoms. The van der Waals surface area contributed by atoms with E-state index in [-0.39, 0.29) is 5.82 Å². The fraction of sp³-hybridized carbons (Fsp3) is 0.364. The van der Waals surface area contributed by atoms with Crippen molar-refractivity contribution in [2.45, 2.75) is 13.5 Å². The Morgan fingerprint density at radius 2 is 2.47 bits per heavy atom. The molecule has 0 radical (unpaired) electrons. The topological polar surface area (TPSA) is 87.3 Å². The number of rotatable bonds is 5. The first-order chi connectivity index (χ1) is 9.10. The number of allylic oxidation sites excluding steroid dienone is 1. The van der Waals surface area contributed by atoms with E-state index in [0.717, 1.165) is 0 Å². The SMILES string of the molecule is Cc1nc([N+](=O)[O-])cn1CCOC1=CC(=C=O)CS1. The van der Waals surface area contributed by atoms with E-state index in [4.69, 9.17) is 4.74 Å². The van der Waals surface area contributed by atoms with Crippen molar-refractivity contribution in [1.29, 1.82) is 0 Å². The zero-order valence-electron chi connectivity index (χ0n) is 10.2. The summed E-state index contributed by atoms with van der Waals surface area (Å²) in [6, 6.07) is 0. The highest BCUT2D eigenvalue weighted by atomic mass is 32.2. The third kappa shape index (κ3) is 3.24. The lowest BCUT2D eigenvalue weighted by Crippen LogP contribution is -2.05. The van der Waals surface area contributed by atoms with E-state index in [9.17, 15) is 14.9 Å². The molecular weight excluding hydrogens is 270 g/mol. The van der Waals surface area contributed by atoms with E-state index in [1.807, 2.05) is 5.94 Å². The number of imidazole rings is 1. The van der Waals surface area contributed by atoms with Crippen LogP contribution in [-0.4, -0.2) is 32.8 Å². The third-order valence-corrected chi connectivity index (χ3v) is 3.50. The first-order valence-electron chi connectivity index (χ1n) is 5.49. The summed E-state index contributed by atoms with van der Waals surface area (Å²) in [5.74, 6) is 2.80. The molecule has 0 saturated carbocycles. The number of thioether (sulfide) groups is 1. The van der Waals surface area contributed by atoms with Crippen LogP contribution in [-0.2, 0) is 16.1 Å². The Morgan fingerprint density at radius 3 is 3.05 bits per heavy atom. The van der Waals surface area contributed by atoms with Crippen molar-refractivity contribution < 1.29 is 14.5 Å². The van der Waals surface area contributed by atoms with Crippen molar-refractivity contribution in [3.05, 3.63) is 38.9 Å². The Bertz CT molecular complexity index is 587. The first-order valence-corrected chi connectivity index (χ1v) is 6.48. The van der Waals surface area contributed by atoms with E-state index in [0.29, 0.717) is 35.4 Å². The van der Waals surface area contributed by atoms with Crippen molar-refractivity contribution in [1.82, 2.24) is 9.55 Å². The number of nitrogens with zero attached hydrogens (tertiary/aromatic N) is 3. The molecule has 2 heterocycles. The van der Waals surface area contributed by atoms with Crippen LogP contribution in [0.15, 0.2) is 22.9 Å². The van der Waals surface area contributed by atoms with Gasteiger partial charge in [-0.1, -0.05) is 11.8 Å².